The van der Waals surface area contributed by atoms with Gasteiger partial charge in [-0.2, -0.15) is 28.9 Å². The Kier molecular flexibility index (Phi) is 14.3. The van der Waals surface area contributed by atoms with Gasteiger partial charge in [0.05, 0.1) is 51.7 Å². The van der Waals surface area contributed by atoms with E-state index in [0.717, 1.165) is 6.07 Å². The van der Waals surface area contributed by atoms with Crippen LogP contribution in [0.3, 0.4) is 0 Å². The van der Waals surface area contributed by atoms with E-state index >= 15 is 0 Å². The molecule has 20 nitrogen and oxygen atoms in total. The molecule has 0 aliphatic rings. The zero-order valence-electron chi connectivity index (χ0n) is 33.0. The second-order valence-electron chi connectivity index (χ2n) is 13.4. The van der Waals surface area contributed by atoms with Gasteiger partial charge in [0.2, 0.25) is 0 Å². The number of nitrogens with one attached hydrogen (secondary N) is 1. The van der Waals surface area contributed by atoms with Gasteiger partial charge in [0.25, 0.3) is 10.1 Å². The molecule has 0 fully saturated rings. The third-order valence-electron chi connectivity index (χ3n) is 9.16. The molecule has 0 saturated carbocycles. The number of azo groups is 3. The molecular weight excluding hydrogens is 895 g/mol. The standard InChI is InChI=1S/C41H33N7O13S3/c1-22-13-27(10-12-32(22)45-44-28-8-7-24-16-29(62-60-58-52)19-39(31(24)18-28)64(54,55)56)43-46-33-20-36(50)34(14-23(33)2)47-48-40-38(63-61-59-53)17-25-15-26(9-11-30(25)41(40)51)42-21-57-37-6-4-3-5-35(37)49/h3-20,42,49-53H,21H2,1-2H3,(H,54,55,56). The van der Waals surface area contributed by atoms with Crippen molar-refractivity contribution in [2.75, 3.05) is 12.0 Å². The van der Waals surface area contributed by atoms with Crippen LogP contribution in [0.5, 0.6) is 23.0 Å². The van der Waals surface area contributed by atoms with E-state index in [1.54, 1.807) is 92.7 Å². The Balaban J connectivity index is 1.05. The highest BCUT2D eigenvalue weighted by molar-refractivity contribution is 7.95. The molecule has 328 valence electrons. The number of aromatic hydroxyl groups is 3. The normalized spacial score (nSPS) is 12.1. The molecule has 0 unspecified atom stereocenters. The summed E-state index contributed by atoms with van der Waals surface area (Å²) in [5.74, 6) is -0.265. The molecule has 0 spiro atoms. The van der Waals surface area contributed by atoms with Crippen molar-refractivity contribution in [3.63, 3.8) is 0 Å². The van der Waals surface area contributed by atoms with Gasteiger partial charge in [-0.3, -0.25) is 4.55 Å². The monoisotopic (exact) mass is 927 g/mol. The lowest BCUT2D eigenvalue weighted by Crippen LogP contribution is -2.08. The summed E-state index contributed by atoms with van der Waals surface area (Å²) in [5, 5.41) is 86.9. The van der Waals surface area contributed by atoms with E-state index in [1.807, 2.05) is 0 Å². The summed E-state index contributed by atoms with van der Waals surface area (Å²) in [7, 11) is -4.66. The van der Waals surface area contributed by atoms with Crippen LogP contribution in [0.2, 0.25) is 0 Å². The Bertz CT molecular complexity index is 3080. The number of rotatable bonds is 17. The van der Waals surface area contributed by atoms with E-state index in [1.165, 1.54) is 24.3 Å². The molecule has 7 N–H and O–H groups in total. The molecule has 7 rings (SSSR count). The fourth-order valence-corrected chi connectivity index (χ4v) is 7.86. The van der Waals surface area contributed by atoms with Crippen LogP contribution >= 0.6 is 24.1 Å². The van der Waals surface area contributed by atoms with Crippen molar-refractivity contribution in [2.45, 2.75) is 28.5 Å². The number of benzene rings is 7. The summed E-state index contributed by atoms with van der Waals surface area (Å²) in [6.45, 7) is 3.54. The first-order valence-corrected chi connectivity index (χ1v) is 21.2. The molecule has 0 heterocycles. The molecule has 7 aromatic carbocycles. The average molecular weight is 928 g/mol. The average Bonchev–Trinajstić information content (AvgIpc) is 3.27. The maximum Gasteiger partial charge on any atom is 0.295 e. The highest BCUT2D eigenvalue weighted by Gasteiger charge is 2.19. The van der Waals surface area contributed by atoms with E-state index in [0.29, 0.717) is 85.6 Å². The van der Waals surface area contributed by atoms with Crippen molar-refractivity contribution in [1.29, 1.82) is 0 Å². The second-order valence-corrected chi connectivity index (χ2v) is 16.3. The van der Waals surface area contributed by atoms with E-state index in [4.69, 9.17) is 15.3 Å². The SMILES string of the molecule is Cc1cc(N=Nc2cc(O)c(N=Nc3c(SOOO)cc4cc(NCOc5ccccc5O)ccc4c3O)cc2C)ccc1N=Nc1ccc2cc(SOOO)cc(S(=O)(=O)O)c2c1. The van der Waals surface area contributed by atoms with E-state index in [2.05, 4.69) is 54.7 Å². The van der Waals surface area contributed by atoms with Crippen LogP contribution in [-0.4, -0.2) is 45.5 Å². The molecule has 0 radical (unpaired) electrons. The number of anilines is 1. The molecule has 0 atom stereocenters. The minimum atomic E-state index is -4.66. The van der Waals surface area contributed by atoms with E-state index in [-0.39, 0.29) is 50.5 Å². The van der Waals surface area contributed by atoms with Crippen LogP contribution in [0.4, 0.5) is 39.8 Å². The van der Waals surface area contributed by atoms with Gasteiger partial charge in [-0.15, -0.1) is 18.9 Å². The molecule has 23 heteroatoms. The number of hydrogen-bond acceptors (Lipinski definition) is 21. The summed E-state index contributed by atoms with van der Waals surface area (Å²) >= 11 is 1.10. The van der Waals surface area contributed by atoms with Gasteiger partial charge in [-0.25, -0.2) is 10.5 Å². The Morgan fingerprint density at radius 1 is 0.625 bits per heavy atom. The van der Waals surface area contributed by atoms with Crippen LogP contribution in [-0.2, 0) is 28.9 Å². The van der Waals surface area contributed by atoms with Crippen LogP contribution < -0.4 is 10.1 Å². The summed E-state index contributed by atoms with van der Waals surface area (Å²) in [4.78, 5) is 0.0321. The zero-order chi connectivity index (χ0) is 45.4. The first-order valence-electron chi connectivity index (χ1n) is 18.3. The second kappa shape index (κ2) is 20.2. The quantitative estimate of drug-likeness (QED) is 0.0112. The van der Waals surface area contributed by atoms with Crippen molar-refractivity contribution < 1.29 is 62.3 Å². The molecule has 0 amide bonds. The molecular formula is C41H33N7O13S3. The smallest absolute Gasteiger partial charge is 0.295 e. The van der Waals surface area contributed by atoms with Crippen molar-refractivity contribution in [3.8, 4) is 23.0 Å². The molecule has 64 heavy (non-hydrogen) atoms. The molecule has 7 aromatic rings. The number of ether oxygens (including phenoxy) is 1. The lowest BCUT2D eigenvalue weighted by Gasteiger charge is -2.13. The first kappa shape index (κ1) is 45.3. The minimum Gasteiger partial charge on any atom is -0.506 e. The number of para-hydroxylation sites is 2. The predicted octanol–water partition coefficient (Wildman–Crippen LogP) is 12.5. The van der Waals surface area contributed by atoms with Gasteiger partial charge < -0.3 is 25.4 Å². The van der Waals surface area contributed by atoms with Crippen molar-refractivity contribution in [2.24, 2.45) is 30.7 Å². The topological polar surface area (TPSA) is 288 Å². The lowest BCUT2D eigenvalue weighted by atomic mass is 10.1. The van der Waals surface area contributed by atoms with Gasteiger partial charge in [0.15, 0.2) is 24.0 Å². The zero-order valence-corrected chi connectivity index (χ0v) is 35.5. The number of hydrogen-bond donors (Lipinski definition) is 7. The molecule has 0 aliphatic carbocycles. The highest BCUT2D eigenvalue weighted by Crippen LogP contribution is 2.46. The third-order valence-corrected chi connectivity index (χ3v) is 11.2. The summed E-state index contributed by atoms with van der Waals surface area (Å²) < 4.78 is 48.8. The van der Waals surface area contributed by atoms with Gasteiger partial charge in [-0.1, -0.05) is 28.3 Å². The van der Waals surface area contributed by atoms with Crippen LogP contribution in [0.25, 0.3) is 21.5 Å². The fraction of sp³-hybridized carbons (Fsp3) is 0.0732. The molecule has 0 bridgehead atoms. The largest absolute Gasteiger partial charge is 0.506 e. The van der Waals surface area contributed by atoms with Crippen LogP contribution in [0.15, 0.2) is 155 Å². The summed E-state index contributed by atoms with van der Waals surface area (Å²) in [6.07, 6.45) is 0. The highest BCUT2D eigenvalue weighted by atomic mass is 32.2. The Morgan fingerprint density at radius 3 is 2.08 bits per heavy atom. The van der Waals surface area contributed by atoms with Crippen LogP contribution in [0.1, 0.15) is 11.1 Å². The number of phenolic OH excluding ortho intramolecular Hbond substituents is 3. The lowest BCUT2D eigenvalue weighted by molar-refractivity contribution is -0.432. The van der Waals surface area contributed by atoms with Gasteiger partial charge in [-0.05, 0) is 121 Å². The maximum atomic E-state index is 12.2. The fourth-order valence-electron chi connectivity index (χ4n) is 6.11. The summed E-state index contributed by atoms with van der Waals surface area (Å²) in [5.41, 5.74) is 3.45. The first-order chi connectivity index (χ1) is 30.8. The Hall–Kier alpha value is -6.77. The molecule has 0 aliphatic heterocycles. The molecule has 0 aromatic heterocycles. The predicted molar refractivity (Wildman–Crippen MR) is 234 cm³/mol. The van der Waals surface area contributed by atoms with E-state index in [9.17, 15) is 28.3 Å². The van der Waals surface area contributed by atoms with Gasteiger partial charge in [0.1, 0.15) is 22.0 Å². The van der Waals surface area contributed by atoms with Crippen molar-refractivity contribution >= 4 is 95.6 Å². The number of phenols is 3. The van der Waals surface area contributed by atoms with Gasteiger partial charge in [0, 0.05) is 27.4 Å². The van der Waals surface area contributed by atoms with E-state index < -0.39 is 15.0 Å². The van der Waals surface area contributed by atoms with Crippen molar-refractivity contribution in [1.82, 2.24) is 0 Å². The van der Waals surface area contributed by atoms with Gasteiger partial charge >= 0.3 is 0 Å². The summed E-state index contributed by atoms with van der Waals surface area (Å²) in [6, 6.07) is 28.5. The molecule has 0 saturated heterocycles. The third kappa shape index (κ3) is 10.9. The Labute approximate surface area is 371 Å². The number of fused-ring (bicyclic) bond motifs is 2. The van der Waals surface area contributed by atoms with Crippen molar-refractivity contribution in [3.05, 3.63) is 120 Å². The number of nitrogens with zero attached hydrogens (tertiary/aromatic N) is 6. The van der Waals surface area contributed by atoms with Crippen LogP contribution in [0, 0.1) is 13.8 Å². The maximum absolute atomic E-state index is 12.2. The Morgan fingerprint density at radius 2 is 1.33 bits per heavy atom. The number of aryl methyl sites for hydroxylation is 2. The minimum absolute atomic E-state index is 0.00426.